The highest BCUT2D eigenvalue weighted by molar-refractivity contribution is 9.09. The first-order valence-corrected chi connectivity index (χ1v) is 7.94. The molecule has 1 aliphatic heterocycles. The number of hydrogen-bond acceptors (Lipinski definition) is 4. The lowest BCUT2D eigenvalue weighted by atomic mass is 10.1. The number of benzene rings is 1. The number of methoxy groups -OCH3 is 2. The van der Waals surface area contributed by atoms with Crippen LogP contribution in [0.15, 0.2) is 18.2 Å². The zero-order valence-corrected chi connectivity index (χ0v) is 14.1. The predicted octanol–water partition coefficient (Wildman–Crippen LogP) is 2.33. The maximum atomic E-state index is 12.6. The Kier molecular flexibility index (Phi) is 5.47. The fourth-order valence-corrected chi connectivity index (χ4v) is 2.81. The van der Waals surface area contributed by atoms with Gasteiger partial charge in [0, 0.05) is 24.0 Å². The number of amides is 1. The Labute approximate surface area is 133 Å². The Morgan fingerprint density at radius 2 is 2.05 bits per heavy atom. The summed E-state index contributed by atoms with van der Waals surface area (Å²) in [5.74, 6) is 1.15. The number of rotatable bonds is 4. The van der Waals surface area contributed by atoms with Crippen LogP contribution in [0.3, 0.4) is 0 Å². The zero-order valence-electron chi connectivity index (χ0n) is 12.5. The molecule has 0 saturated carbocycles. The molecule has 1 heterocycles. The van der Waals surface area contributed by atoms with E-state index in [0.29, 0.717) is 35.5 Å². The van der Waals surface area contributed by atoms with Gasteiger partial charge in [0.05, 0.1) is 26.4 Å². The topological polar surface area (TPSA) is 48.0 Å². The second-order valence-electron chi connectivity index (χ2n) is 5.00. The van der Waals surface area contributed by atoms with Gasteiger partial charge in [-0.3, -0.25) is 4.79 Å². The SMILES string of the molecule is COc1ccc(C(=O)N2CC(C)OC(CBr)C2)cc1OC. The van der Waals surface area contributed by atoms with Crippen LogP contribution in [0.25, 0.3) is 0 Å². The van der Waals surface area contributed by atoms with Gasteiger partial charge in [0.1, 0.15) is 0 Å². The molecule has 2 unspecified atom stereocenters. The number of nitrogens with zero attached hydrogens (tertiary/aromatic N) is 1. The molecule has 6 heteroatoms. The molecule has 1 fully saturated rings. The van der Waals surface area contributed by atoms with Crippen molar-refractivity contribution in [2.75, 3.05) is 32.6 Å². The zero-order chi connectivity index (χ0) is 15.4. The molecule has 5 nitrogen and oxygen atoms in total. The number of carbonyl (C=O) groups is 1. The van der Waals surface area contributed by atoms with Crippen molar-refractivity contribution in [3.8, 4) is 11.5 Å². The van der Waals surface area contributed by atoms with Gasteiger partial charge in [-0.25, -0.2) is 0 Å². The molecule has 0 aliphatic carbocycles. The summed E-state index contributed by atoms with van der Waals surface area (Å²) in [6.45, 7) is 3.16. The van der Waals surface area contributed by atoms with Crippen LogP contribution < -0.4 is 9.47 Å². The van der Waals surface area contributed by atoms with Crippen LogP contribution in [0.5, 0.6) is 11.5 Å². The maximum absolute atomic E-state index is 12.6. The van der Waals surface area contributed by atoms with Gasteiger partial charge in [-0.15, -0.1) is 0 Å². The van der Waals surface area contributed by atoms with Crippen molar-refractivity contribution in [2.45, 2.75) is 19.1 Å². The largest absolute Gasteiger partial charge is 0.493 e. The first-order valence-electron chi connectivity index (χ1n) is 6.81. The third-order valence-corrected chi connectivity index (χ3v) is 4.14. The molecule has 2 rings (SSSR count). The van der Waals surface area contributed by atoms with Crippen LogP contribution >= 0.6 is 15.9 Å². The van der Waals surface area contributed by atoms with Gasteiger partial charge in [0.15, 0.2) is 11.5 Å². The molecule has 0 bridgehead atoms. The van der Waals surface area contributed by atoms with E-state index in [1.165, 1.54) is 0 Å². The van der Waals surface area contributed by atoms with Gasteiger partial charge < -0.3 is 19.1 Å². The van der Waals surface area contributed by atoms with Crippen molar-refractivity contribution in [2.24, 2.45) is 0 Å². The minimum absolute atomic E-state index is 0.0166. The average Bonchev–Trinajstić information content (AvgIpc) is 2.52. The second-order valence-corrected chi connectivity index (χ2v) is 5.65. The third-order valence-electron chi connectivity index (χ3n) is 3.42. The first kappa shape index (κ1) is 16.1. The fraction of sp³-hybridized carbons (Fsp3) is 0.533. The van der Waals surface area contributed by atoms with Gasteiger partial charge in [-0.2, -0.15) is 0 Å². The molecule has 1 amide bonds. The first-order chi connectivity index (χ1) is 10.1. The molecule has 0 aromatic heterocycles. The molecule has 2 atom stereocenters. The van der Waals surface area contributed by atoms with Crippen LogP contribution in [0.4, 0.5) is 0 Å². The van der Waals surface area contributed by atoms with Gasteiger partial charge in [0.25, 0.3) is 5.91 Å². The minimum Gasteiger partial charge on any atom is -0.493 e. The maximum Gasteiger partial charge on any atom is 0.254 e. The van der Waals surface area contributed by atoms with Crippen LogP contribution in [0, 0.1) is 0 Å². The number of carbonyl (C=O) groups excluding carboxylic acids is 1. The van der Waals surface area contributed by atoms with E-state index in [-0.39, 0.29) is 18.1 Å². The van der Waals surface area contributed by atoms with E-state index in [4.69, 9.17) is 14.2 Å². The van der Waals surface area contributed by atoms with Crippen molar-refractivity contribution in [1.29, 1.82) is 0 Å². The lowest BCUT2D eigenvalue weighted by Crippen LogP contribution is -2.49. The third kappa shape index (κ3) is 3.68. The summed E-state index contributed by atoms with van der Waals surface area (Å²) in [6, 6.07) is 5.22. The molecule has 116 valence electrons. The van der Waals surface area contributed by atoms with Gasteiger partial charge >= 0.3 is 0 Å². The standard InChI is InChI=1S/C15H20BrNO4/c1-10-8-17(9-12(7-16)21-10)15(18)11-4-5-13(19-2)14(6-11)20-3/h4-6,10,12H,7-9H2,1-3H3. The van der Waals surface area contributed by atoms with E-state index in [2.05, 4.69) is 15.9 Å². The lowest BCUT2D eigenvalue weighted by Gasteiger charge is -2.36. The lowest BCUT2D eigenvalue weighted by molar-refractivity contribution is -0.0559. The van der Waals surface area contributed by atoms with Crippen molar-refractivity contribution in [3.05, 3.63) is 23.8 Å². The Bertz CT molecular complexity index is 508. The molecule has 1 aliphatic rings. The van der Waals surface area contributed by atoms with Crippen LogP contribution in [0.1, 0.15) is 17.3 Å². The number of alkyl halides is 1. The molecule has 21 heavy (non-hydrogen) atoms. The summed E-state index contributed by atoms with van der Waals surface area (Å²) < 4.78 is 16.2. The average molecular weight is 358 g/mol. The molecule has 1 saturated heterocycles. The van der Waals surface area contributed by atoms with E-state index in [1.54, 1.807) is 32.4 Å². The second kappa shape index (κ2) is 7.13. The fourth-order valence-electron chi connectivity index (χ4n) is 2.45. The summed E-state index contributed by atoms with van der Waals surface area (Å²) in [4.78, 5) is 14.5. The Hall–Kier alpha value is -1.27. The van der Waals surface area contributed by atoms with E-state index in [1.807, 2.05) is 11.8 Å². The molecular weight excluding hydrogens is 338 g/mol. The smallest absolute Gasteiger partial charge is 0.254 e. The van der Waals surface area contributed by atoms with Crippen LogP contribution in [-0.2, 0) is 4.74 Å². The highest BCUT2D eigenvalue weighted by Gasteiger charge is 2.28. The molecule has 1 aromatic carbocycles. The molecule has 0 radical (unpaired) electrons. The minimum atomic E-state index is -0.0166. The number of morpholine rings is 1. The number of halogens is 1. The van der Waals surface area contributed by atoms with Gasteiger partial charge in [-0.05, 0) is 25.1 Å². The molecule has 0 N–H and O–H groups in total. The Balaban J connectivity index is 2.19. The summed E-state index contributed by atoms with van der Waals surface area (Å²) in [5.41, 5.74) is 0.593. The monoisotopic (exact) mass is 357 g/mol. The Morgan fingerprint density at radius 1 is 1.33 bits per heavy atom. The quantitative estimate of drug-likeness (QED) is 0.776. The number of ether oxygens (including phenoxy) is 3. The normalized spacial score (nSPS) is 22.0. The van der Waals surface area contributed by atoms with Gasteiger partial charge in [0.2, 0.25) is 0 Å². The summed E-state index contributed by atoms with van der Waals surface area (Å²) >= 11 is 3.41. The highest BCUT2D eigenvalue weighted by atomic mass is 79.9. The van der Waals surface area contributed by atoms with E-state index in [0.717, 1.165) is 0 Å². The Morgan fingerprint density at radius 3 is 2.67 bits per heavy atom. The van der Waals surface area contributed by atoms with Crippen molar-refractivity contribution in [1.82, 2.24) is 4.90 Å². The number of hydrogen-bond donors (Lipinski definition) is 0. The summed E-state index contributed by atoms with van der Waals surface area (Å²) in [7, 11) is 3.13. The summed E-state index contributed by atoms with van der Waals surface area (Å²) in [6.07, 6.45) is 0.0586. The molecular formula is C15H20BrNO4. The highest BCUT2D eigenvalue weighted by Crippen LogP contribution is 2.28. The predicted molar refractivity (Wildman–Crippen MR) is 83.6 cm³/mol. The van der Waals surface area contributed by atoms with E-state index in [9.17, 15) is 4.79 Å². The van der Waals surface area contributed by atoms with Crippen molar-refractivity contribution in [3.63, 3.8) is 0 Å². The van der Waals surface area contributed by atoms with Crippen LogP contribution in [-0.4, -0.2) is 55.7 Å². The van der Waals surface area contributed by atoms with Crippen molar-refractivity contribution < 1.29 is 19.0 Å². The van der Waals surface area contributed by atoms with Crippen LogP contribution in [0.2, 0.25) is 0 Å². The van der Waals surface area contributed by atoms with E-state index < -0.39 is 0 Å². The molecule has 1 aromatic rings. The van der Waals surface area contributed by atoms with Crippen molar-refractivity contribution >= 4 is 21.8 Å². The summed E-state index contributed by atoms with van der Waals surface area (Å²) in [5, 5.41) is 0.715. The van der Waals surface area contributed by atoms with E-state index >= 15 is 0 Å². The molecule has 0 spiro atoms. The van der Waals surface area contributed by atoms with Gasteiger partial charge in [-0.1, -0.05) is 15.9 Å².